The van der Waals surface area contributed by atoms with E-state index >= 15 is 0 Å². The van der Waals surface area contributed by atoms with Crippen LogP contribution in [0.1, 0.15) is 58.6 Å². The lowest BCUT2D eigenvalue weighted by Gasteiger charge is -2.28. The number of hydrogen-bond acceptors (Lipinski definition) is 4. The van der Waals surface area contributed by atoms with Gasteiger partial charge in [-0.05, 0) is 45.7 Å². The number of ether oxygens (including phenoxy) is 1. The third-order valence-corrected chi connectivity index (χ3v) is 4.29. The Morgan fingerprint density at radius 1 is 1.15 bits per heavy atom. The summed E-state index contributed by atoms with van der Waals surface area (Å²) in [6.07, 6.45) is 6.11. The summed E-state index contributed by atoms with van der Waals surface area (Å²) >= 11 is 0. The zero-order valence-electron chi connectivity index (χ0n) is 16.2. The van der Waals surface area contributed by atoms with E-state index in [1.807, 2.05) is 43.9 Å². The summed E-state index contributed by atoms with van der Waals surface area (Å²) in [4.78, 5) is 32.9. The highest BCUT2D eigenvalue weighted by molar-refractivity contribution is 5.77. The summed E-state index contributed by atoms with van der Waals surface area (Å²) in [5, 5.41) is 0. The van der Waals surface area contributed by atoms with Crippen molar-refractivity contribution in [2.75, 3.05) is 19.6 Å². The molecule has 0 bridgehead atoms. The zero-order chi connectivity index (χ0) is 19.0. The number of amides is 2. The number of likely N-dealkylation sites (tertiary alicyclic amines) is 1. The van der Waals surface area contributed by atoms with Crippen LogP contribution in [0.25, 0.3) is 0 Å². The highest BCUT2D eigenvalue weighted by Gasteiger charge is 2.24. The lowest BCUT2D eigenvalue weighted by Crippen LogP contribution is -2.40. The fraction of sp³-hybridized carbons (Fsp3) is 0.650. The fourth-order valence-electron chi connectivity index (χ4n) is 2.96. The number of aromatic nitrogens is 1. The van der Waals surface area contributed by atoms with Gasteiger partial charge in [-0.15, -0.1) is 0 Å². The first-order valence-electron chi connectivity index (χ1n) is 9.51. The van der Waals surface area contributed by atoms with E-state index in [4.69, 9.17) is 4.74 Å². The van der Waals surface area contributed by atoms with Crippen molar-refractivity contribution in [2.45, 2.75) is 65.0 Å². The average Bonchev–Trinajstić information content (AvgIpc) is 2.87. The van der Waals surface area contributed by atoms with E-state index in [0.717, 1.165) is 31.6 Å². The van der Waals surface area contributed by atoms with Crippen LogP contribution in [0.5, 0.6) is 0 Å². The molecular weight excluding hydrogens is 330 g/mol. The molecule has 1 aromatic heterocycles. The van der Waals surface area contributed by atoms with Crippen molar-refractivity contribution in [3.63, 3.8) is 0 Å². The van der Waals surface area contributed by atoms with Crippen LogP contribution in [-0.2, 0) is 16.1 Å². The van der Waals surface area contributed by atoms with Gasteiger partial charge in [0.05, 0.1) is 12.2 Å². The van der Waals surface area contributed by atoms with Crippen LogP contribution in [0.2, 0.25) is 0 Å². The van der Waals surface area contributed by atoms with Crippen molar-refractivity contribution in [3.8, 4) is 0 Å². The number of pyridine rings is 1. The van der Waals surface area contributed by atoms with Gasteiger partial charge in [-0.3, -0.25) is 9.78 Å². The molecule has 2 heterocycles. The largest absolute Gasteiger partial charge is 0.444 e. The Labute approximate surface area is 156 Å². The van der Waals surface area contributed by atoms with Crippen LogP contribution in [0, 0.1) is 0 Å². The van der Waals surface area contributed by atoms with Crippen LogP contribution in [0.3, 0.4) is 0 Å². The summed E-state index contributed by atoms with van der Waals surface area (Å²) in [5.74, 6) is 0.112. The molecule has 0 spiro atoms. The van der Waals surface area contributed by atoms with Crippen molar-refractivity contribution >= 4 is 12.0 Å². The molecule has 0 radical (unpaired) electrons. The summed E-state index contributed by atoms with van der Waals surface area (Å²) in [7, 11) is 0. The first-order valence-corrected chi connectivity index (χ1v) is 9.51. The second-order valence-electron chi connectivity index (χ2n) is 7.77. The van der Waals surface area contributed by atoms with E-state index in [1.54, 1.807) is 11.1 Å². The Hall–Kier alpha value is -2.11. The first kappa shape index (κ1) is 20.2. The number of nitrogens with zero attached hydrogens (tertiary/aromatic N) is 3. The fourth-order valence-corrected chi connectivity index (χ4v) is 2.96. The molecule has 2 amide bonds. The van der Waals surface area contributed by atoms with Gasteiger partial charge in [-0.2, -0.15) is 0 Å². The summed E-state index contributed by atoms with van der Waals surface area (Å²) in [6.45, 7) is 7.84. The number of carbonyl (C=O) groups excluding carboxylic acids is 2. The number of hydrogen-bond donors (Lipinski definition) is 0. The molecule has 2 rings (SSSR count). The highest BCUT2D eigenvalue weighted by Crippen LogP contribution is 2.14. The van der Waals surface area contributed by atoms with Crippen LogP contribution in [0.15, 0.2) is 24.4 Å². The van der Waals surface area contributed by atoms with Crippen LogP contribution < -0.4 is 0 Å². The second kappa shape index (κ2) is 9.55. The monoisotopic (exact) mass is 361 g/mol. The molecular formula is C20H31N3O3. The Balaban J connectivity index is 1.98. The van der Waals surface area contributed by atoms with Gasteiger partial charge < -0.3 is 14.5 Å². The summed E-state index contributed by atoms with van der Waals surface area (Å²) in [5.41, 5.74) is 0.203. The van der Waals surface area contributed by atoms with E-state index in [2.05, 4.69) is 4.98 Å². The Kier molecular flexibility index (Phi) is 7.42. The van der Waals surface area contributed by atoms with Crippen LogP contribution in [-0.4, -0.2) is 52.0 Å². The predicted octanol–water partition coefficient (Wildman–Crippen LogP) is 3.61. The second-order valence-corrected chi connectivity index (χ2v) is 7.77. The minimum atomic E-state index is -0.575. The molecule has 0 N–H and O–H groups in total. The summed E-state index contributed by atoms with van der Waals surface area (Å²) in [6, 6.07) is 5.59. The lowest BCUT2D eigenvalue weighted by molar-refractivity contribution is -0.131. The van der Waals surface area contributed by atoms with E-state index in [-0.39, 0.29) is 5.91 Å². The van der Waals surface area contributed by atoms with Crippen LogP contribution in [0.4, 0.5) is 4.79 Å². The molecule has 0 aromatic carbocycles. The molecule has 144 valence electrons. The number of carbonyl (C=O) groups is 2. The molecule has 1 aliphatic heterocycles. The van der Waals surface area contributed by atoms with Gasteiger partial charge in [0, 0.05) is 32.3 Å². The molecule has 26 heavy (non-hydrogen) atoms. The Morgan fingerprint density at radius 3 is 2.42 bits per heavy atom. The van der Waals surface area contributed by atoms with Crippen molar-refractivity contribution in [2.24, 2.45) is 0 Å². The maximum Gasteiger partial charge on any atom is 0.410 e. The van der Waals surface area contributed by atoms with Gasteiger partial charge in [0.15, 0.2) is 0 Å². The molecule has 0 saturated carbocycles. The average molecular weight is 361 g/mol. The van der Waals surface area contributed by atoms with E-state index in [0.29, 0.717) is 19.5 Å². The SMILES string of the molecule is CC(C)(C)OC(=O)N(CCC(=O)N1CCCCCC1)Cc1ccccn1. The smallest absolute Gasteiger partial charge is 0.410 e. The quantitative estimate of drug-likeness (QED) is 0.804. The first-order chi connectivity index (χ1) is 12.3. The molecule has 1 fully saturated rings. The zero-order valence-corrected chi connectivity index (χ0v) is 16.2. The van der Waals surface area contributed by atoms with Gasteiger partial charge >= 0.3 is 6.09 Å². The highest BCUT2D eigenvalue weighted by atomic mass is 16.6. The molecule has 1 aromatic rings. The van der Waals surface area contributed by atoms with Gasteiger partial charge in [0.1, 0.15) is 5.60 Å². The molecule has 1 saturated heterocycles. The van der Waals surface area contributed by atoms with Gasteiger partial charge in [-0.25, -0.2) is 4.79 Å². The molecule has 0 unspecified atom stereocenters. The molecule has 6 nitrogen and oxygen atoms in total. The molecule has 0 aliphatic carbocycles. The van der Waals surface area contributed by atoms with Crippen molar-refractivity contribution < 1.29 is 14.3 Å². The van der Waals surface area contributed by atoms with Crippen molar-refractivity contribution in [1.82, 2.24) is 14.8 Å². The predicted molar refractivity (Wildman–Crippen MR) is 101 cm³/mol. The topological polar surface area (TPSA) is 62.7 Å². The Morgan fingerprint density at radius 2 is 1.85 bits per heavy atom. The minimum Gasteiger partial charge on any atom is -0.444 e. The standard InChI is InChI=1S/C20H31N3O3/c1-20(2,3)26-19(25)23(16-17-10-6-7-12-21-17)15-11-18(24)22-13-8-4-5-9-14-22/h6-7,10,12H,4-5,8-9,11,13-16H2,1-3H3. The maximum absolute atomic E-state index is 12.6. The van der Waals surface area contributed by atoms with Gasteiger partial charge in [-0.1, -0.05) is 18.9 Å². The Bertz CT molecular complexity index is 576. The third-order valence-electron chi connectivity index (χ3n) is 4.29. The maximum atomic E-state index is 12.6. The number of rotatable bonds is 5. The van der Waals surface area contributed by atoms with Crippen molar-refractivity contribution in [1.29, 1.82) is 0 Å². The van der Waals surface area contributed by atoms with Gasteiger partial charge in [0.2, 0.25) is 5.91 Å². The van der Waals surface area contributed by atoms with Gasteiger partial charge in [0.25, 0.3) is 0 Å². The lowest BCUT2D eigenvalue weighted by atomic mass is 10.2. The van der Waals surface area contributed by atoms with Crippen molar-refractivity contribution in [3.05, 3.63) is 30.1 Å². The molecule has 0 atom stereocenters. The van der Waals surface area contributed by atoms with E-state index in [9.17, 15) is 9.59 Å². The molecule has 1 aliphatic rings. The normalized spacial score (nSPS) is 15.3. The third kappa shape index (κ3) is 7.02. The van der Waals surface area contributed by atoms with E-state index < -0.39 is 11.7 Å². The van der Waals surface area contributed by atoms with Crippen LogP contribution >= 0.6 is 0 Å². The minimum absolute atomic E-state index is 0.112. The molecule has 6 heteroatoms. The van der Waals surface area contributed by atoms with E-state index in [1.165, 1.54) is 12.8 Å². The summed E-state index contributed by atoms with van der Waals surface area (Å²) < 4.78 is 5.50.